The fourth-order valence-electron chi connectivity index (χ4n) is 8.15. The van der Waals surface area contributed by atoms with E-state index in [0.717, 1.165) is 19.3 Å². The molecule has 0 amide bonds. The standard InChI is InChI=1S/C48H48N2/c1-29-9-17-39(25-33(29)5)49(40-18-10-30(2)34(6)26-40)45-23-15-37-14-22-44-46(24-16-38-13-21-43(45)47(37)48(38)44)50(41-19-11-31(3)35(7)27-41)42-20-12-32(4)36(8)28-42/h9-11,13-18,21-28,41H,12,19-20H2,1-8H3. The molecule has 0 saturated carbocycles. The van der Waals surface area contributed by atoms with Crippen molar-refractivity contribution in [3.05, 3.63) is 153 Å². The van der Waals surface area contributed by atoms with Gasteiger partial charge < -0.3 is 9.80 Å². The molecule has 0 aliphatic heterocycles. The SMILES string of the molecule is CC1=CCC(N(C2=CC(C)=C(C)CC2)c2ccc3ccc4c(N(c5ccc(C)c(C)c5)c5ccc(C)c(C)c5)ccc5ccc2c3c54)C=C1C. The van der Waals surface area contributed by atoms with Gasteiger partial charge in [0.05, 0.1) is 11.7 Å². The summed E-state index contributed by atoms with van der Waals surface area (Å²) in [4.78, 5) is 5.14. The molecule has 250 valence electrons. The summed E-state index contributed by atoms with van der Waals surface area (Å²) in [6.45, 7) is 17.9. The van der Waals surface area contributed by atoms with Gasteiger partial charge in [-0.2, -0.15) is 0 Å². The van der Waals surface area contributed by atoms with Crippen LogP contribution >= 0.6 is 0 Å². The van der Waals surface area contributed by atoms with Gasteiger partial charge in [-0.15, -0.1) is 0 Å². The Balaban J connectivity index is 1.38. The highest BCUT2D eigenvalue weighted by molar-refractivity contribution is 6.27. The highest BCUT2D eigenvalue weighted by Gasteiger charge is 2.27. The first-order valence-electron chi connectivity index (χ1n) is 18.3. The van der Waals surface area contributed by atoms with Gasteiger partial charge in [-0.3, -0.25) is 0 Å². The maximum atomic E-state index is 2.67. The molecule has 0 N–H and O–H groups in total. The van der Waals surface area contributed by atoms with Crippen molar-refractivity contribution in [1.82, 2.24) is 0 Å². The summed E-state index contributed by atoms with van der Waals surface area (Å²) in [7, 11) is 0. The fraction of sp³-hybridized carbons (Fsp3) is 0.250. The Labute approximate surface area is 298 Å². The van der Waals surface area contributed by atoms with E-state index in [4.69, 9.17) is 0 Å². The summed E-state index contributed by atoms with van der Waals surface area (Å²) in [5.74, 6) is 0. The Morgan fingerprint density at radius 2 is 1.10 bits per heavy atom. The smallest absolute Gasteiger partial charge is 0.0559 e. The van der Waals surface area contributed by atoms with Crippen LogP contribution in [0.15, 0.2) is 131 Å². The fourth-order valence-corrected chi connectivity index (χ4v) is 8.15. The van der Waals surface area contributed by atoms with Gasteiger partial charge >= 0.3 is 0 Å². The summed E-state index contributed by atoms with van der Waals surface area (Å²) in [6, 6.07) is 32.8. The number of rotatable bonds is 6. The second-order valence-electron chi connectivity index (χ2n) is 15.0. The molecule has 0 fully saturated rings. The molecule has 0 spiro atoms. The number of benzene rings is 6. The summed E-state index contributed by atoms with van der Waals surface area (Å²) in [5, 5.41) is 7.87. The minimum atomic E-state index is 0.273. The second kappa shape index (κ2) is 12.4. The Kier molecular flexibility index (Phi) is 7.94. The van der Waals surface area contributed by atoms with Crippen LogP contribution in [0.3, 0.4) is 0 Å². The molecule has 2 heteroatoms. The Morgan fingerprint density at radius 3 is 1.66 bits per heavy atom. The average molecular weight is 653 g/mol. The van der Waals surface area contributed by atoms with Gasteiger partial charge in [0.2, 0.25) is 0 Å². The molecule has 0 heterocycles. The minimum Gasteiger partial charge on any atom is -0.337 e. The third-order valence-electron chi connectivity index (χ3n) is 11.8. The largest absolute Gasteiger partial charge is 0.337 e. The molecular weight excluding hydrogens is 605 g/mol. The predicted molar refractivity (Wildman–Crippen MR) is 218 cm³/mol. The van der Waals surface area contributed by atoms with E-state index < -0.39 is 0 Å². The van der Waals surface area contributed by atoms with Crippen LogP contribution < -0.4 is 9.80 Å². The molecule has 6 aromatic carbocycles. The molecule has 2 aliphatic carbocycles. The van der Waals surface area contributed by atoms with Crippen LogP contribution in [-0.2, 0) is 0 Å². The summed E-state index contributed by atoms with van der Waals surface area (Å²) in [5.41, 5.74) is 17.2. The molecule has 0 bridgehead atoms. The number of hydrogen-bond donors (Lipinski definition) is 0. The van der Waals surface area contributed by atoms with Crippen molar-refractivity contribution in [2.45, 2.75) is 80.7 Å². The van der Waals surface area contributed by atoms with Gasteiger partial charge in [-0.25, -0.2) is 0 Å². The predicted octanol–water partition coefficient (Wildman–Crippen LogP) is 13.8. The normalized spacial score (nSPS) is 16.6. The first-order valence-corrected chi connectivity index (χ1v) is 18.3. The Bertz CT molecular complexity index is 2400. The topological polar surface area (TPSA) is 6.48 Å². The van der Waals surface area contributed by atoms with Crippen LogP contribution in [0, 0.1) is 27.7 Å². The van der Waals surface area contributed by atoms with Gasteiger partial charge in [0.15, 0.2) is 0 Å². The molecule has 1 atom stereocenters. The van der Waals surface area contributed by atoms with E-state index in [0.29, 0.717) is 0 Å². The van der Waals surface area contributed by atoms with Gasteiger partial charge in [-0.1, -0.05) is 83.0 Å². The van der Waals surface area contributed by atoms with Crippen LogP contribution in [0.4, 0.5) is 22.7 Å². The molecule has 50 heavy (non-hydrogen) atoms. The van der Waals surface area contributed by atoms with E-state index in [1.165, 1.54) is 105 Å². The maximum Gasteiger partial charge on any atom is 0.0559 e. The third kappa shape index (κ3) is 5.33. The van der Waals surface area contributed by atoms with Crippen molar-refractivity contribution in [1.29, 1.82) is 0 Å². The molecule has 2 nitrogen and oxygen atoms in total. The zero-order valence-corrected chi connectivity index (χ0v) is 30.9. The quantitative estimate of drug-likeness (QED) is 0.165. The van der Waals surface area contributed by atoms with Crippen molar-refractivity contribution < 1.29 is 0 Å². The van der Waals surface area contributed by atoms with Crippen molar-refractivity contribution in [2.75, 3.05) is 9.80 Å². The number of aryl methyl sites for hydroxylation is 4. The Hall–Kier alpha value is -5.08. The van der Waals surface area contributed by atoms with Crippen molar-refractivity contribution in [2.24, 2.45) is 0 Å². The van der Waals surface area contributed by atoms with E-state index in [-0.39, 0.29) is 6.04 Å². The molecule has 0 saturated heterocycles. The number of hydrogen-bond acceptors (Lipinski definition) is 2. The van der Waals surface area contributed by atoms with E-state index >= 15 is 0 Å². The van der Waals surface area contributed by atoms with Gasteiger partial charge in [0, 0.05) is 33.5 Å². The zero-order chi connectivity index (χ0) is 34.8. The molecule has 0 radical (unpaired) electrons. The summed E-state index contributed by atoms with van der Waals surface area (Å²) in [6.07, 6.45) is 10.6. The van der Waals surface area contributed by atoms with Crippen LogP contribution in [-0.4, -0.2) is 6.04 Å². The third-order valence-corrected chi connectivity index (χ3v) is 11.8. The lowest BCUT2D eigenvalue weighted by molar-refractivity contribution is 0.705. The zero-order valence-electron chi connectivity index (χ0n) is 30.9. The van der Waals surface area contributed by atoms with Crippen LogP contribution in [0.25, 0.3) is 32.3 Å². The first-order chi connectivity index (χ1) is 24.1. The maximum absolute atomic E-state index is 2.67. The minimum absolute atomic E-state index is 0.273. The first kappa shape index (κ1) is 32.1. The Morgan fingerprint density at radius 1 is 0.540 bits per heavy atom. The molecule has 2 aliphatic rings. The lowest BCUT2D eigenvalue weighted by atomic mass is 9.89. The van der Waals surface area contributed by atoms with Gasteiger partial charge in [-0.05, 0) is 161 Å². The van der Waals surface area contributed by atoms with E-state index in [1.54, 1.807) is 0 Å². The average Bonchev–Trinajstić information content (AvgIpc) is 3.11. The number of allylic oxidation sites excluding steroid dienone is 6. The highest BCUT2D eigenvalue weighted by atomic mass is 15.2. The highest BCUT2D eigenvalue weighted by Crippen LogP contribution is 2.47. The molecule has 0 aromatic heterocycles. The van der Waals surface area contributed by atoms with Crippen molar-refractivity contribution in [3.8, 4) is 0 Å². The van der Waals surface area contributed by atoms with E-state index in [9.17, 15) is 0 Å². The van der Waals surface area contributed by atoms with Gasteiger partial charge in [0.25, 0.3) is 0 Å². The van der Waals surface area contributed by atoms with Crippen LogP contribution in [0.5, 0.6) is 0 Å². The lowest BCUT2D eigenvalue weighted by Crippen LogP contribution is -2.35. The van der Waals surface area contributed by atoms with E-state index in [1.807, 2.05) is 0 Å². The number of nitrogens with zero attached hydrogens (tertiary/aromatic N) is 2. The monoisotopic (exact) mass is 652 g/mol. The summed E-state index contributed by atoms with van der Waals surface area (Å²) < 4.78 is 0. The van der Waals surface area contributed by atoms with Gasteiger partial charge in [0.1, 0.15) is 0 Å². The molecular formula is C48H48N2. The van der Waals surface area contributed by atoms with Crippen LogP contribution in [0.1, 0.15) is 69.2 Å². The molecule has 6 aromatic rings. The van der Waals surface area contributed by atoms with Crippen molar-refractivity contribution >= 4 is 55.1 Å². The molecule has 8 rings (SSSR count). The number of anilines is 4. The second-order valence-corrected chi connectivity index (χ2v) is 15.0. The van der Waals surface area contributed by atoms with Crippen molar-refractivity contribution in [3.63, 3.8) is 0 Å². The van der Waals surface area contributed by atoms with Crippen LogP contribution in [0.2, 0.25) is 0 Å². The molecule has 1 unspecified atom stereocenters. The summed E-state index contributed by atoms with van der Waals surface area (Å²) >= 11 is 0. The van der Waals surface area contributed by atoms with E-state index in [2.05, 4.69) is 168 Å². The lowest BCUT2D eigenvalue weighted by Gasteiger charge is -2.38.